The molecule has 4 rings (SSSR count). The van der Waals surface area contributed by atoms with E-state index < -0.39 is 17.7 Å². The molecule has 0 bridgehead atoms. The fourth-order valence-electron chi connectivity index (χ4n) is 3.60. The Morgan fingerprint density at radius 2 is 1.53 bits per heavy atom. The molecule has 0 fully saturated rings. The van der Waals surface area contributed by atoms with Crippen LogP contribution in [0.1, 0.15) is 21.5 Å². The van der Waals surface area contributed by atoms with Gasteiger partial charge in [-0.2, -0.15) is 0 Å². The van der Waals surface area contributed by atoms with E-state index in [1.807, 2.05) is 26.0 Å². The summed E-state index contributed by atoms with van der Waals surface area (Å²) in [6, 6.07) is 16.5. The summed E-state index contributed by atoms with van der Waals surface area (Å²) in [4.78, 5) is 39.6. The maximum absolute atomic E-state index is 13.1. The zero-order valence-electron chi connectivity index (χ0n) is 18.1. The van der Waals surface area contributed by atoms with Gasteiger partial charge in [0.15, 0.2) is 0 Å². The van der Waals surface area contributed by atoms with E-state index in [-0.39, 0.29) is 10.7 Å². The van der Waals surface area contributed by atoms with Gasteiger partial charge in [-0.25, -0.2) is 4.90 Å². The van der Waals surface area contributed by atoms with Crippen LogP contribution in [0.4, 0.5) is 17.1 Å². The van der Waals surface area contributed by atoms with E-state index >= 15 is 0 Å². The molecule has 2 N–H and O–H groups in total. The molecule has 0 radical (unpaired) electrons. The molecule has 3 amide bonds. The van der Waals surface area contributed by atoms with Crippen LogP contribution in [-0.2, 0) is 9.59 Å². The second-order valence-electron chi connectivity index (χ2n) is 7.74. The third kappa shape index (κ3) is 4.80. The molecule has 0 saturated heterocycles. The zero-order valence-corrected chi connectivity index (χ0v) is 20.3. The monoisotopic (exact) mass is 513 g/mol. The van der Waals surface area contributed by atoms with Gasteiger partial charge in [-0.05, 0) is 61.9 Å². The van der Waals surface area contributed by atoms with Gasteiger partial charge in [-0.15, -0.1) is 0 Å². The van der Waals surface area contributed by atoms with Crippen molar-refractivity contribution in [2.45, 2.75) is 13.8 Å². The van der Waals surface area contributed by atoms with E-state index in [0.717, 1.165) is 16.0 Å². The van der Waals surface area contributed by atoms with E-state index in [1.165, 1.54) is 6.07 Å². The molecule has 0 spiro atoms. The predicted octanol–water partition coefficient (Wildman–Crippen LogP) is 6.30. The standard InChI is InChI=1S/C25H18Cl3N3O3/c1-13-6-7-20(14(2)8-13)31-24(33)21(28)22(25(31)34)29-18-5-3-4-15(9-18)23(32)30-19-11-16(26)10-17(27)12-19/h3-12,29H,1-2H3,(H,30,32). The highest BCUT2D eigenvalue weighted by atomic mass is 35.5. The molecule has 0 atom stereocenters. The van der Waals surface area contributed by atoms with Crippen molar-refractivity contribution in [1.82, 2.24) is 0 Å². The van der Waals surface area contributed by atoms with Gasteiger partial charge >= 0.3 is 0 Å². The molecule has 1 heterocycles. The van der Waals surface area contributed by atoms with Gasteiger partial charge in [0.2, 0.25) is 0 Å². The van der Waals surface area contributed by atoms with Gasteiger partial charge < -0.3 is 10.6 Å². The largest absolute Gasteiger partial charge is 0.350 e. The van der Waals surface area contributed by atoms with E-state index in [9.17, 15) is 14.4 Å². The van der Waals surface area contributed by atoms with Crippen molar-refractivity contribution < 1.29 is 14.4 Å². The van der Waals surface area contributed by atoms with Gasteiger partial charge in [0.1, 0.15) is 10.7 Å². The molecule has 9 heteroatoms. The normalized spacial score (nSPS) is 13.5. The summed E-state index contributed by atoms with van der Waals surface area (Å²) in [5.41, 5.74) is 3.33. The maximum atomic E-state index is 13.1. The van der Waals surface area contributed by atoms with Crippen molar-refractivity contribution >= 4 is 69.6 Å². The number of hydrogen-bond donors (Lipinski definition) is 2. The molecular weight excluding hydrogens is 497 g/mol. The number of benzene rings is 3. The van der Waals surface area contributed by atoms with Gasteiger partial charge in [-0.3, -0.25) is 14.4 Å². The number of carbonyl (C=O) groups is 3. The van der Waals surface area contributed by atoms with Gasteiger partial charge in [-0.1, -0.05) is 58.6 Å². The predicted molar refractivity (Wildman–Crippen MR) is 136 cm³/mol. The molecule has 1 aliphatic heterocycles. The summed E-state index contributed by atoms with van der Waals surface area (Å²) in [5, 5.41) is 6.16. The summed E-state index contributed by atoms with van der Waals surface area (Å²) < 4.78 is 0. The fourth-order valence-corrected chi connectivity index (χ4v) is 4.34. The summed E-state index contributed by atoms with van der Waals surface area (Å²) in [7, 11) is 0. The topological polar surface area (TPSA) is 78.5 Å². The third-order valence-electron chi connectivity index (χ3n) is 5.14. The van der Waals surface area contributed by atoms with Crippen molar-refractivity contribution in [2.75, 3.05) is 15.5 Å². The Labute approximate surface area is 211 Å². The minimum absolute atomic E-state index is 0.0641. The summed E-state index contributed by atoms with van der Waals surface area (Å²) in [6.07, 6.45) is 0. The Bertz CT molecular complexity index is 1360. The van der Waals surface area contributed by atoms with Crippen LogP contribution < -0.4 is 15.5 Å². The average molecular weight is 515 g/mol. The summed E-state index contributed by atoms with van der Waals surface area (Å²) in [6.45, 7) is 3.74. The highest BCUT2D eigenvalue weighted by molar-refractivity contribution is 6.53. The first-order chi connectivity index (χ1) is 16.1. The van der Waals surface area contributed by atoms with Crippen molar-refractivity contribution in [2.24, 2.45) is 0 Å². The molecule has 172 valence electrons. The molecule has 34 heavy (non-hydrogen) atoms. The molecule has 0 unspecified atom stereocenters. The first-order valence-electron chi connectivity index (χ1n) is 10.1. The second-order valence-corrected chi connectivity index (χ2v) is 8.99. The van der Waals surface area contributed by atoms with Crippen LogP contribution in [0.5, 0.6) is 0 Å². The fraction of sp³-hybridized carbons (Fsp3) is 0.0800. The first kappa shape index (κ1) is 23.8. The second kappa shape index (κ2) is 9.50. The lowest BCUT2D eigenvalue weighted by molar-refractivity contribution is -0.120. The lowest BCUT2D eigenvalue weighted by atomic mass is 10.1. The van der Waals surface area contributed by atoms with Crippen molar-refractivity contribution in [3.63, 3.8) is 0 Å². The van der Waals surface area contributed by atoms with E-state index in [2.05, 4.69) is 10.6 Å². The minimum Gasteiger partial charge on any atom is -0.350 e. The highest BCUT2D eigenvalue weighted by Gasteiger charge is 2.39. The highest BCUT2D eigenvalue weighted by Crippen LogP contribution is 2.32. The molecule has 3 aromatic rings. The maximum Gasteiger partial charge on any atom is 0.283 e. The van der Waals surface area contributed by atoms with Crippen LogP contribution in [0.3, 0.4) is 0 Å². The van der Waals surface area contributed by atoms with Crippen LogP contribution >= 0.6 is 34.8 Å². The summed E-state index contributed by atoms with van der Waals surface area (Å²) in [5.74, 6) is -1.61. The Hall–Kier alpha value is -3.32. The average Bonchev–Trinajstić information content (AvgIpc) is 2.97. The number of anilines is 3. The minimum atomic E-state index is -0.618. The van der Waals surface area contributed by atoms with E-state index in [0.29, 0.717) is 32.7 Å². The molecule has 1 aliphatic rings. The zero-order chi connectivity index (χ0) is 24.6. The number of imide groups is 1. The Kier molecular flexibility index (Phi) is 6.66. The molecule has 3 aromatic carbocycles. The van der Waals surface area contributed by atoms with Crippen LogP contribution in [0.2, 0.25) is 10.0 Å². The van der Waals surface area contributed by atoms with E-state index in [1.54, 1.807) is 42.5 Å². The first-order valence-corrected chi connectivity index (χ1v) is 11.3. The molecular formula is C25H18Cl3N3O3. The number of hydrogen-bond acceptors (Lipinski definition) is 4. The Morgan fingerprint density at radius 1 is 0.824 bits per heavy atom. The quantitative estimate of drug-likeness (QED) is 0.392. The summed E-state index contributed by atoms with van der Waals surface area (Å²) >= 11 is 18.2. The molecule has 0 saturated carbocycles. The van der Waals surface area contributed by atoms with Crippen LogP contribution in [0.25, 0.3) is 0 Å². The lowest BCUT2D eigenvalue weighted by Gasteiger charge is -2.18. The Balaban J connectivity index is 1.56. The number of amides is 3. The third-order valence-corrected chi connectivity index (χ3v) is 5.92. The number of rotatable bonds is 5. The molecule has 6 nitrogen and oxygen atoms in total. The van der Waals surface area contributed by atoms with Gasteiger partial charge in [0.05, 0.1) is 5.69 Å². The lowest BCUT2D eigenvalue weighted by Crippen LogP contribution is -2.32. The number of aryl methyl sites for hydroxylation is 2. The van der Waals surface area contributed by atoms with E-state index in [4.69, 9.17) is 34.8 Å². The smallest absolute Gasteiger partial charge is 0.283 e. The Morgan fingerprint density at radius 3 is 2.21 bits per heavy atom. The van der Waals surface area contributed by atoms with Crippen LogP contribution in [0, 0.1) is 13.8 Å². The molecule has 0 aliphatic carbocycles. The van der Waals surface area contributed by atoms with Crippen molar-refractivity contribution in [1.29, 1.82) is 0 Å². The van der Waals surface area contributed by atoms with Crippen LogP contribution in [0.15, 0.2) is 71.4 Å². The number of halogens is 3. The number of nitrogens with one attached hydrogen (secondary N) is 2. The van der Waals surface area contributed by atoms with Gasteiger partial charge in [0.25, 0.3) is 17.7 Å². The number of nitrogens with zero attached hydrogens (tertiary/aromatic N) is 1. The van der Waals surface area contributed by atoms with Gasteiger partial charge in [0, 0.05) is 27.0 Å². The van der Waals surface area contributed by atoms with Crippen LogP contribution in [-0.4, -0.2) is 17.7 Å². The molecule has 0 aromatic heterocycles. The SMILES string of the molecule is Cc1ccc(N2C(=O)C(Cl)=C(Nc3cccc(C(=O)Nc4cc(Cl)cc(Cl)c4)c3)C2=O)c(C)c1. The van der Waals surface area contributed by atoms with Crippen molar-refractivity contribution in [3.8, 4) is 0 Å². The number of carbonyl (C=O) groups excluding carboxylic acids is 3. The van der Waals surface area contributed by atoms with Crippen molar-refractivity contribution in [3.05, 3.63) is 98.1 Å².